The van der Waals surface area contributed by atoms with Gasteiger partial charge in [0.2, 0.25) is 5.78 Å². The lowest BCUT2D eigenvalue weighted by Crippen LogP contribution is -2.58. The number of carboxylic acid groups (broad SMARTS) is 1. The van der Waals surface area contributed by atoms with Gasteiger partial charge in [-0.2, -0.15) is 0 Å². The van der Waals surface area contributed by atoms with Gasteiger partial charge in [-0.1, -0.05) is 66.5 Å². The number of phenols is 2. The van der Waals surface area contributed by atoms with Gasteiger partial charge in [0.15, 0.2) is 37.0 Å². The molecule has 2 aliphatic carbocycles. The van der Waals surface area contributed by atoms with Gasteiger partial charge in [-0.25, -0.2) is 4.79 Å². The lowest BCUT2D eigenvalue weighted by atomic mass is 9.67. The second kappa shape index (κ2) is 25.6. The van der Waals surface area contributed by atoms with Crippen molar-refractivity contribution in [3.05, 3.63) is 116 Å². The van der Waals surface area contributed by atoms with Gasteiger partial charge in [0.25, 0.3) is 0 Å². The summed E-state index contributed by atoms with van der Waals surface area (Å²) in [6, 6.07) is 17.3. The minimum absolute atomic E-state index is 0.00573. The maximum Gasteiger partial charge on any atom is 0.341 e. The molecule has 9 rings (SSSR count). The molecule has 3 saturated heterocycles. The van der Waals surface area contributed by atoms with Crippen LogP contribution >= 0.6 is 23.2 Å². The zero-order valence-corrected chi connectivity index (χ0v) is 47.1. The quantitative estimate of drug-likeness (QED) is 0.0572. The molecule has 81 heavy (non-hydrogen) atoms. The Bertz CT molecular complexity index is 3020. The van der Waals surface area contributed by atoms with Crippen LogP contribution < -0.4 is 5.32 Å². The van der Waals surface area contributed by atoms with E-state index < -0.39 is 121 Å². The Hall–Kier alpha value is -6.08. The summed E-state index contributed by atoms with van der Waals surface area (Å²) >= 11 is 12.2. The van der Waals surface area contributed by atoms with Crippen LogP contribution in [0.25, 0.3) is 0 Å². The van der Waals surface area contributed by atoms with Crippen molar-refractivity contribution in [3.63, 3.8) is 0 Å². The second-order valence-corrected chi connectivity index (χ2v) is 21.7. The fraction of sp³-hybridized carbons (Fsp3) is 0.483. The number of aromatic hydroxyl groups is 2. The SMILES string of the molecule is CC[C@@]1(O)C[C@H](O[C@H]2C[C@H](N(C)C)[C@H](O[C@H]3C[C@H](O)[C@H](O[C@H]4CCC(=O)[C@H](C)O4)[C@H](C)O3)[C@H](C)O2)c2c(cc3c(c2O)C(=O)c2c(O)cccc2C3=O)[C@H]1C(=O)OC.O=C(O)COC(=O)Cc1ccccc1Nc1c(Cl)cccc1Cl. The number of halogens is 2. The van der Waals surface area contributed by atoms with Crippen molar-refractivity contribution in [3.8, 4) is 11.5 Å². The van der Waals surface area contributed by atoms with Gasteiger partial charge in [-0.15, -0.1) is 0 Å². The Morgan fingerprint density at radius 1 is 0.815 bits per heavy atom. The highest BCUT2D eigenvalue weighted by atomic mass is 35.5. The number of hydrogen-bond acceptors (Lipinski definition) is 20. The minimum Gasteiger partial charge on any atom is -0.507 e. The summed E-state index contributed by atoms with van der Waals surface area (Å²) in [4.78, 5) is 77.1. The van der Waals surface area contributed by atoms with E-state index in [9.17, 15) is 49.2 Å². The van der Waals surface area contributed by atoms with E-state index in [1.54, 1.807) is 70.2 Å². The van der Waals surface area contributed by atoms with Crippen LogP contribution in [0.5, 0.6) is 11.5 Å². The van der Waals surface area contributed by atoms with Crippen molar-refractivity contribution in [1.82, 2.24) is 4.90 Å². The topological polar surface area (TPSA) is 293 Å². The first-order valence-electron chi connectivity index (χ1n) is 26.5. The minimum atomic E-state index is -1.76. The van der Waals surface area contributed by atoms with E-state index in [1.165, 1.54) is 31.4 Å². The number of nitrogens with one attached hydrogen (secondary N) is 1. The van der Waals surface area contributed by atoms with E-state index >= 15 is 0 Å². The Balaban J connectivity index is 0.000000313. The van der Waals surface area contributed by atoms with Crippen LogP contribution in [-0.4, -0.2) is 161 Å². The number of rotatable bonds is 15. The van der Waals surface area contributed by atoms with Crippen molar-refractivity contribution < 1.29 is 92.2 Å². The summed E-state index contributed by atoms with van der Waals surface area (Å²) in [5.41, 5.74) is -0.693. The number of phenolic OH excluding ortho intramolecular Hbond substituents is 2. The second-order valence-electron chi connectivity index (χ2n) is 20.9. The number of hydrogen-bond donors (Lipinski definition) is 6. The standard InChI is InChI=1S/C42H53NO15.C16H13Cl2NO4/c1-8-42(51)17-28(33-22(35(42)41(50)52-7)14-23-34(38(33)49)37(48)32-21(36(23)47)10-9-11-26(32)45)56-30-15-24(43(5)6)39(19(3)54-30)58-31-16-27(46)40(20(4)55-31)57-29-13-12-25(44)18(2)53-29;17-11-5-3-6-12(18)16(11)19-13-7-2-1-4-10(13)8-15(22)23-9-14(20)21/h9-11,14,18-20,24,27-31,35,39-40,45-46,49,51H,8,12-13,15-17H2,1-7H3;1-7,19H,8-9H2,(H,20,21)/t18-,19-,20-,24-,27-,28-,29-,30-,31-,35-,39+,40+,42+;/m0./s1. The predicted octanol–water partition coefficient (Wildman–Crippen LogP) is 7.07. The molecule has 3 fully saturated rings. The third-order valence-electron chi connectivity index (χ3n) is 15.4. The molecule has 436 valence electrons. The number of ether oxygens (including phenoxy) is 8. The first kappa shape index (κ1) is 61.0. The lowest BCUT2D eigenvalue weighted by molar-refractivity contribution is -0.324. The molecule has 3 aliphatic heterocycles. The number of Topliss-reactive ketones (excluding diaryl/α,β-unsaturated/α-hetero) is 1. The van der Waals surface area contributed by atoms with E-state index in [-0.39, 0.29) is 77.3 Å². The molecule has 4 aromatic rings. The molecule has 0 aromatic heterocycles. The number of carbonyl (C=O) groups excluding carboxylic acids is 5. The zero-order valence-electron chi connectivity index (χ0n) is 45.6. The van der Waals surface area contributed by atoms with Crippen molar-refractivity contribution in [2.24, 2.45) is 0 Å². The fourth-order valence-corrected chi connectivity index (χ4v) is 11.7. The highest BCUT2D eigenvalue weighted by molar-refractivity contribution is 6.39. The molecular formula is C58H66Cl2N2O19. The molecule has 4 aromatic carbocycles. The monoisotopic (exact) mass is 1160 g/mol. The number of aliphatic hydroxyl groups excluding tert-OH is 1. The van der Waals surface area contributed by atoms with Crippen molar-refractivity contribution in [1.29, 1.82) is 0 Å². The van der Waals surface area contributed by atoms with Gasteiger partial charge in [0.1, 0.15) is 35.7 Å². The zero-order chi connectivity index (χ0) is 58.8. The molecule has 0 radical (unpaired) electrons. The summed E-state index contributed by atoms with van der Waals surface area (Å²) in [5, 5.41) is 58.4. The number of nitrogens with zero attached hydrogens (tertiary/aromatic N) is 1. The largest absolute Gasteiger partial charge is 0.507 e. The number of benzene rings is 4. The lowest BCUT2D eigenvalue weighted by Gasteiger charge is -2.48. The molecule has 21 nitrogen and oxygen atoms in total. The van der Waals surface area contributed by atoms with Crippen molar-refractivity contribution >= 4 is 69.8 Å². The third-order valence-corrected chi connectivity index (χ3v) is 16.0. The van der Waals surface area contributed by atoms with Gasteiger partial charge in [0, 0.05) is 60.5 Å². The Kier molecular flexibility index (Phi) is 19.3. The number of aliphatic hydroxyl groups is 2. The van der Waals surface area contributed by atoms with Crippen molar-refractivity contribution in [2.75, 3.05) is 33.1 Å². The number of esters is 2. The van der Waals surface area contributed by atoms with E-state index in [4.69, 9.17) is 61.5 Å². The van der Waals surface area contributed by atoms with Crippen LogP contribution in [0.1, 0.15) is 127 Å². The molecule has 5 aliphatic rings. The molecule has 0 spiro atoms. The molecule has 13 atom stereocenters. The maximum atomic E-state index is 13.9. The van der Waals surface area contributed by atoms with Gasteiger partial charge in [-0.3, -0.25) is 24.0 Å². The number of carbonyl (C=O) groups is 6. The van der Waals surface area contributed by atoms with E-state index in [1.807, 2.05) is 19.0 Å². The summed E-state index contributed by atoms with van der Waals surface area (Å²) in [6.45, 7) is 6.29. The number of carboxylic acids is 1. The first-order valence-corrected chi connectivity index (χ1v) is 27.3. The Labute approximate surface area is 477 Å². The van der Waals surface area contributed by atoms with Gasteiger partial charge >= 0.3 is 17.9 Å². The van der Waals surface area contributed by atoms with Crippen LogP contribution in [0, 0.1) is 0 Å². The third kappa shape index (κ3) is 13.1. The number of ketones is 3. The summed E-state index contributed by atoms with van der Waals surface area (Å²) < 4.78 is 47.3. The molecule has 6 N–H and O–H groups in total. The van der Waals surface area contributed by atoms with Crippen LogP contribution in [0.4, 0.5) is 11.4 Å². The highest BCUT2D eigenvalue weighted by Crippen LogP contribution is 2.54. The summed E-state index contributed by atoms with van der Waals surface area (Å²) in [5.74, 6) is -6.43. The van der Waals surface area contributed by atoms with Crippen LogP contribution in [-0.2, 0) is 63.5 Å². The molecule has 0 unspecified atom stereocenters. The molecule has 0 bridgehead atoms. The number of aliphatic carboxylic acids is 1. The normalized spacial score (nSPS) is 28.9. The summed E-state index contributed by atoms with van der Waals surface area (Å²) in [6.07, 6.45) is -6.71. The van der Waals surface area contributed by atoms with Gasteiger partial charge in [0.05, 0.1) is 70.4 Å². The van der Waals surface area contributed by atoms with Crippen LogP contribution in [0.15, 0.2) is 66.7 Å². The molecule has 23 heteroatoms. The van der Waals surface area contributed by atoms with Gasteiger partial charge < -0.3 is 73.6 Å². The van der Waals surface area contributed by atoms with E-state index in [0.29, 0.717) is 39.8 Å². The Morgan fingerprint density at radius 2 is 1.47 bits per heavy atom. The average Bonchev–Trinajstić information content (AvgIpc) is 3.58. The Morgan fingerprint density at radius 3 is 2.11 bits per heavy atom. The smallest absolute Gasteiger partial charge is 0.341 e. The van der Waals surface area contributed by atoms with Gasteiger partial charge in [-0.05, 0) is 82.7 Å². The number of methoxy groups -OCH3 is 1. The molecule has 0 amide bonds. The van der Waals surface area contributed by atoms with E-state index in [2.05, 4.69) is 10.1 Å². The van der Waals surface area contributed by atoms with E-state index in [0.717, 1.165) is 0 Å². The van der Waals surface area contributed by atoms with Crippen LogP contribution in [0.2, 0.25) is 10.0 Å². The number of fused-ring (bicyclic) bond motifs is 3. The number of likely N-dealkylation sites (N-methyl/N-ethyl adjacent to an activating group) is 1. The number of para-hydroxylation sites is 2. The summed E-state index contributed by atoms with van der Waals surface area (Å²) in [7, 11) is 4.91. The maximum absolute atomic E-state index is 13.9. The highest BCUT2D eigenvalue weighted by Gasteiger charge is 2.54. The van der Waals surface area contributed by atoms with Crippen LogP contribution in [0.3, 0.4) is 0 Å². The van der Waals surface area contributed by atoms with Crippen molar-refractivity contribution in [2.45, 2.75) is 152 Å². The molecule has 3 heterocycles. The number of anilines is 2. The first-order chi connectivity index (χ1) is 38.4. The molecular weight excluding hydrogens is 1100 g/mol. The average molecular weight is 1170 g/mol. The fourth-order valence-electron chi connectivity index (χ4n) is 11.2. The predicted molar refractivity (Wildman–Crippen MR) is 290 cm³/mol. The molecule has 0 saturated carbocycles.